The van der Waals surface area contributed by atoms with E-state index in [1.54, 1.807) is 18.2 Å². The highest BCUT2D eigenvalue weighted by Crippen LogP contribution is 2.23. The van der Waals surface area contributed by atoms with Gasteiger partial charge in [-0.25, -0.2) is 0 Å². The highest BCUT2D eigenvalue weighted by Gasteiger charge is 2.17. The molecule has 0 saturated carbocycles. The SMILES string of the molecule is C=CCN(CC(=O)O)C(=O)Cc1cc(Cl)ccc1OC. The number of benzene rings is 1. The zero-order valence-corrected chi connectivity index (χ0v) is 11.9. The van der Waals surface area contributed by atoms with Crippen molar-refractivity contribution in [1.29, 1.82) is 0 Å². The Morgan fingerprint density at radius 1 is 1.50 bits per heavy atom. The summed E-state index contributed by atoms with van der Waals surface area (Å²) in [4.78, 5) is 24.1. The molecule has 1 amide bonds. The largest absolute Gasteiger partial charge is 0.496 e. The summed E-state index contributed by atoms with van der Waals surface area (Å²) in [6.45, 7) is 3.32. The van der Waals surface area contributed by atoms with Gasteiger partial charge in [-0.3, -0.25) is 9.59 Å². The predicted molar refractivity (Wildman–Crippen MR) is 76.1 cm³/mol. The Hall–Kier alpha value is -2.01. The summed E-state index contributed by atoms with van der Waals surface area (Å²) >= 11 is 5.89. The van der Waals surface area contributed by atoms with E-state index < -0.39 is 5.97 Å². The van der Waals surface area contributed by atoms with E-state index in [0.29, 0.717) is 16.3 Å². The molecule has 0 aromatic heterocycles. The van der Waals surface area contributed by atoms with E-state index in [1.807, 2.05) is 0 Å². The molecule has 108 valence electrons. The average Bonchev–Trinajstić information content (AvgIpc) is 2.38. The van der Waals surface area contributed by atoms with Crippen molar-refractivity contribution < 1.29 is 19.4 Å². The second kappa shape index (κ2) is 7.55. The van der Waals surface area contributed by atoms with E-state index in [1.165, 1.54) is 18.1 Å². The first-order chi connectivity index (χ1) is 9.47. The number of hydrogen-bond acceptors (Lipinski definition) is 3. The van der Waals surface area contributed by atoms with E-state index in [9.17, 15) is 9.59 Å². The van der Waals surface area contributed by atoms with Gasteiger partial charge in [0.05, 0.1) is 13.5 Å². The van der Waals surface area contributed by atoms with Gasteiger partial charge in [0.15, 0.2) is 0 Å². The molecule has 0 fully saturated rings. The van der Waals surface area contributed by atoms with E-state index in [4.69, 9.17) is 21.4 Å². The van der Waals surface area contributed by atoms with E-state index in [0.717, 1.165) is 0 Å². The molecule has 0 atom stereocenters. The number of carboxylic acid groups (broad SMARTS) is 1. The van der Waals surface area contributed by atoms with Crippen LogP contribution in [-0.4, -0.2) is 42.1 Å². The Morgan fingerprint density at radius 3 is 2.75 bits per heavy atom. The van der Waals surface area contributed by atoms with Crippen LogP contribution >= 0.6 is 11.6 Å². The second-order valence-corrected chi connectivity index (χ2v) is 4.53. The first-order valence-corrected chi connectivity index (χ1v) is 6.28. The molecule has 0 saturated heterocycles. The molecule has 0 spiro atoms. The first kappa shape index (κ1) is 16.0. The highest BCUT2D eigenvalue weighted by molar-refractivity contribution is 6.30. The van der Waals surface area contributed by atoms with Crippen molar-refractivity contribution in [1.82, 2.24) is 4.90 Å². The van der Waals surface area contributed by atoms with Crippen LogP contribution in [0.25, 0.3) is 0 Å². The van der Waals surface area contributed by atoms with Crippen LogP contribution in [-0.2, 0) is 16.0 Å². The fourth-order valence-electron chi connectivity index (χ4n) is 1.73. The van der Waals surface area contributed by atoms with Gasteiger partial charge in [-0.1, -0.05) is 17.7 Å². The van der Waals surface area contributed by atoms with Crippen molar-refractivity contribution in [3.05, 3.63) is 41.4 Å². The fourth-order valence-corrected chi connectivity index (χ4v) is 1.93. The topological polar surface area (TPSA) is 66.8 Å². The number of carbonyl (C=O) groups is 2. The minimum Gasteiger partial charge on any atom is -0.496 e. The maximum Gasteiger partial charge on any atom is 0.323 e. The standard InChI is InChI=1S/C14H16ClNO4/c1-3-6-16(9-14(18)19)13(17)8-10-7-11(15)4-5-12(10)20-2/h3-5,7H,1,6,8-9H2,2H3,(H,18,19). The van der Waals surface area contributed by atoms with Crippen molar-refractivity contribution >= 4 is 23.5 Å². The van der Waals surface area contributed by atoms with Crippen molar-refractivity contribution in [2.45, 2.75) is 6.42 Å². The molecule has 6 heteroatoms. The number of aliphatic carboxylic acids is 1. The Labute approximate surface area is 122 Å². The molecule has 0 aliphatic rings. The number of halogens is 1. The number of nitrogens with zero attached hydrogens (tertiary/aromatic N) is 1. The molecule has 0 bridgehead atoms. The van der Waals surface area contributed by atoms with Crippen LogP contribution in [0.15, 0.2) is 30.9 Å². The van der Waals surface area contributed by atoms with Gasteiger partial charge in [-0.15, -0.1) is 6.58 Å². The first-order valence-electron chi connectivity index (χ1n) is 5.90. The molecule has 0 aliphatic heterocycles. The normalized spacial score (nSPS) is 9.90. The van der Waals surface area contributed by atoms with E-state index >= 15 is 0 Å². The van der Waals surface area contributed by atoms with Gasteiger partial charge in [0, 0.05) is 17.1 Å². The van der Waals surface area contributed by atoms with Crippen molar-refractivity contribution in [3.8, 4) is 5.75 Å². The van der Waals surface area contributed by atoms with Gasteiger partial charge < -0.3 is 14.7 Å². The van der Waals surface area contributed by atoms with Gasteiger partial charge in [0.1, 0.15) is 12.3 Å². The Morgan fingerprint density at radius 2 is 2.20 bits per heavy atom. The lowest BCUT2D eigenvalue weighted by atomic mass is 10.1. The number of rotatable bonds is 7. The van der Waals surface area contributed by atoms with Crippen LogP contribution in [0.5, 0.6) is 5.75 Å². The molecule has 1 rings (SSSR count). The maximum absolute atomic E-state index is 12.1. The molecule has 5 nitrogen and oxygen atoms in total. The van der Waals surface area contributed by atoms with Gasteiger partial charge in [-0.2, -0.15) is 0 Å². The third kappa shape index (κ3) is 4.59. The monoisotopic (exact) mass is 297 g/mol. The molecule has 0 aliphatic carbocycles. The van der Waals surface area contributed by atoms with Crippen molar-refractivity contribution in [2.24, 2.45) is 0 Å². The third-order valence-corrected chi connectivity index (χ3v) is 2.85. The molecule has 0 radical (unpaired) electrons. The summed E-state index contributed by atoms with van der Waals surface area (Å²) in [6.07, 6.45) is 1.50. The number of hydrogen-bond donors (Lipinski definition) is 1. The molecule has 20 heavy (non-hydrogen) atoms. The number of methoxy groups -OCH3 is 1. The lowest BCUT2D eigenvalue weighted by Crippen LogP contribution is -2.36. The summed E-state index contributed by atoms with van der Waals surface area (Å²) in [6, 6.07) is 4.96. The summed E-state index contributed by atoms with van der Waals surface area (Å²) < 4.78 is 5.16. The average molecular weight is 298 g/mol. The van der Waals surface area contributed by atoms with Crippen molar-refractivity contribution in [2.75, 3.05) is 20.2 Å². The van der Waals surface area contributed by atoms with Gasteiger partial charge >= 0.3 is 5.97 Å². The fraction of sp³-hybridized carbons (Fsp3) is 0.286. The molecule has 1 aromatic carbocycles. The number of carboxylic acids is 1. The minimum absolute atomic E-state index is 0.0187. The van der Waals surface area contributed by atoms with Gasteiger partial charge in [0.25, 0.3) is 0 Å². The van der Waals surface area contributed by atoms with Crippen LogP contribution < -0.4 is 4.74 Å². The number of carbonyl (C=O) groups excluding carboxylic acids is 1. The molecule has 0 unspecified atom stereocenters. The molecule has 1 aromatic rings. The Balaban J connectivity index is 2.89. The van der Waals surface area contributed by atoms with E-state index in [-0.39, 0.29) is 25.4 Å². The van der Waals surface area contributed by atoms with E-state index in [2.05, 4.69) is 6.58 Å². The van der Waals surface area contributed by atoms with Crippen LogP contribution in [0.4, 0.5) is 0 Å². The Kier molecular flexibility index (Phi) is 6.06. The summed E-state index contributed by atoms with van der Waals surface area (Å²) in [7, 11) is 1.50. The second-order valence-electron chi connectivity index (χ2n) is 4.09. The predicted octanol–water partition coefficient (Wildman–Crippen LogP) is 1.99. The number of amides is 1. The van der Waals surface area contributed by atoms with Gasteiger partial charge in [-0.05, 0) is 18.2 Å². The summed E-state index contributed by atoms with van der Waals surface area (Å²) in [5.41, 5.74) is 0.615. The lowest BCUT2D eigenvalue weighted by molar-refractivity contribution is -0.143. The highest BCUT2D eigenvalue weighted by atomic mass is 35.5. The Bertz CT molecular complexity index is 516. The van der Waals surface area contributed by atoms with Crippen LogP contribution in [0.1, 0.15) is 5.56 Å². The minimum atomic E-state index is -1.07. The number of ether oxygens (including phenoxy) is 1. The molecular formula is C14H16ClNO4. The van der Waals surface area contributed by atoms with Crippen LogP contribution in [0, 0.1) is 0 Å². The maximum atomic E-state index is 12.1. The molecule has 1 N–H and O–H groups in total. The quantitative estimate of drug-likeness (QED) is 0.782. The molecule has 0 heterocycles. The lowest BCUT2D eigenvalue weighted by Gasteiger charge is -2.19. The third-order valence-electron chi connectivity index (χ3n) is 2.61. The van der Waals surface area contributed by atoms with Crippen molar-refractivity contribution in [3.63, 3.8) is 0 Å². The van der Waals surface area contributed by atoms with Crippen LogP contribution in [0.3, 0.4) is 0 Å². The van der Waals surface area contributed by atoms with Crippen LogP contribution in [0.2, 0.25) is 5.02 Å². The zero-order chi connectivity index (χ0) is 15.1. The summed E-state index contributed by atoms with van der Waals surface area (Å²) in [5.74, 6) is -0.859. The zero-order valence-electron chi connectivity index (χ0n) is 11.1. The smallest absolute Gasteiger partial charge is 0.323 e. The molecular weight excluding hydrogens is 282 g/mol. The summed E-state index contributed by atoms with van der Waals surface area (Å²) in [5, 5.41) is 9.28. The van der Waals surface area contributed by atoms with Gasteiger partial charge in [0.2, 0.25) is 5.91 Å².